The molecule has 1 aliphatic rings. The molecule has 0 radical (unpaired) electrons. The number of rotatable bonds is 5. The molecule has 4 nitrogen and oxygen atoms in total. The maximum absolute atomic E-state index is 12.6. The van der Waals surface area contributed by atoms with Gasteiger partial charge in [-0.2, -0.15) is 0 Å². The first kappa shape index (κ1) is 17.5. The lowest BCUT2D eigenvalue weighted by molar-refractivity contribution is 0.0909. The second kappa shape index (κ2) is 8.17. The molecular formula is C21H27N3O. The van der Waals surface area contributed by atoms with E-state index in [2.05, 4.69) is 45.9 Å². The second-order valence-electron chi connectivity index (χ2n) is 6.81. The van der Waals surface area contributed by atoms with Crippen LogP contribution >= 0.6 is 0 Å². The van der Waals surface area contributed by atoms with Crippen LogP contribution in [0.5, 0.6) is 0 Å². The number of anilines is 1. The van der Waals surface area contributed by atoms with E-state index in [1.54, 1.807) is 0 Å². The summed E-state index contributed by atoms with van der Waals surface area (Å²) in [6.07, 6.45) is 2.00. The average Bonchev–Trinajstić information content (AvgIpc) is 2.64. The van der Waals surface area contributed by atoms with Gasteiger partial charge in [0.15, 0.2) is 0 Å². The molecule has 1 fully saturated rings. The number of piperidine rings is 1. The third kappa shape index (κ3) is 4.60. The molecule has 0 bridgehead atoms. The fourth-order valence-corrected chi connectivity index (χ4v) is 3.40. The van der Waals surface area contributed by atoms with E-state index in [1.165, 1.54) is 5.56 Å². The van der Waals surface area contributed by atoms with Crippen molar-refractivity contribution in [2.75, 3.05) is 25.5 Å². The van der Waals surface area contributed by atoms with Gasteiger partial charge in [-0.05, 0) is 43.0 Å². The SMILES string of the molecule is CNc1cc(C)ccc1C(=O)NC1CCN(Cc2ccccc2)CC1. The van der Waals surface area contributed by atoms with Gasteiger partial charge in [-0.15, -0.1) is 0 Å². The fourth-order valence-electron chi connectivity index (χ4n) is 3.40. The lowest BCUT2D eigenvalue weighted by Gasteiger charge is -2.32. The normalized spacial score (nSPS) is 15.8. The van der Waals surface area contributed by atoms with Crippen LogP contribution in [0.25, 0.3) is 0 Å². The highest BCUT2D eigenvalue weighted by Gasteiger charge is 2.22. The number of hydrogen-bond acceptors (Lipinski definition) is 3. The Balaban J connectivity index is 1.53. The molecule has 1 saturated heterocycles. The Morgan fingerprint density at radius 1 is 1.12 bits per heavy atom. The molecular weight excluding hydrogens is 310 g/mol. The van der Waals surface area contributed by atoms with Crippen LogP contribution in [0.3, 0.4) is 0 Å². The van der Waals surface area contributed by atoms with Gasteiger partial charge in [0.2, 0.25) is 0 Å². The van der Waals surface area contributed by atoms with Crippen LogP contribution in [0, 0.1) is 6.92 Å². The van der Waals surface area contributed by atoms with Crippen LogP contribution in [0.15, 0.2) is 48.5 Å². The van der Waals surface area contributed by atoms with E-state index in [1.807, 2.05) is 32.2 Å². The first-order valence-electron chi connectivity index (χ1n) is 9.01. The van der Waals surface area contributed by atoms with Gasteiger partial charge >= 0.3 is 0 Å². The number of carbonyl (C=O) groups excluding carboxylic acids is 1. The molecule has 4 heteroatoms. The first-order valence-corrected chi connectivity index (χ1v) is 9.01. The van der Waals surface area contributed by atoms with E-state index in [4.69, 9.17) is 0 Å². The van der Waals surface area contributed by atoms with Gasteiger partial charge in [-0.1, -0.05) is 36.4 Å². The molecule has 1 aliphatic heterocycles. The number of aryl methyl sites for hydroxylation is 1. The summed E-state index contributed by atoms with van der Waals surface area (Å²) in [6.45, 7) is 5.06. The van der Waals surface area contributed by atoms with E-state index in [0.29, 0.717) is 0 Å². The first-order chi connectivity index (χ1) is 12.2. The Morgan fingerprint density at radius 2 is 1.84 bits per heavy atom. The molecule has 2 aromatic rings. The zero-order chi connectivity index (χ0) is 17.6. The quantitative estimate of drug-likeness (QED) is 0.878. The molecule has 1 heterocycles. The van der Waals surface area contributed by atoms with Crippen molar-refractivity contribution in [3.63, 3.8) is 0 Å². The highest BCUT2D eigenvalue weighted by Crippen LogP contribution is 2.19. The molecule has 0 spiro atoms. The number of hydrogen-bond donors (Lipinski definition) is 2. The smallest absolute Gasteiger partial charge is 0.253 e. The monoisotopic (exact) mass is 337 g/mol. The van der Waals surface area contributed by atoms with Crippen molar-refractivity contribution in [2.45, 2.75) is 32.4 Å². The minimum atomic E-state index is 0.0193. The van der Waals surface area contributed by atoms with Gasteiger partial charge in [0.1, 0.15) is 0 Å². The lowest BCUT2D eigenvalue weighted by Crippen LogP contribution is -2.44. The summed E-state index contributed by atoms with van der Waals surface area (Å²) in [5.74, 6) is 0.0193. The van der Waals surface area contributed by atoms with Crippen molar-refractivity contribution >= 4 is 11.6 Å². The van der Waals surface area contributed by atoms with Crippen molar-refractivity contribution in [3.05, 3.63) is 65.2 Å². The summed E-state index contributed by atoms with van der Waals surface area (Å²) in [7, 11) is 1.85. The lowest BCUT2D eigenvalue weighted by atomic mass is 10.0. The second-order valence-corrected chi connectivity index (χ2v) is 6.81. The number of nitrogens with one attached hydrogen (secondary N) is 2. The van der Waals surface area contributed by atoms with Crippen LogP contribution < -0.4 is 10.6 Å². The van der Waals surface area contributed by atoms with Crippen molar-refractivity contribution in [1.82, 2.24) is 10.2 Å². The summed E-state index contributed by atoms with van der Waals surface area (Å²) < 4.78 is 0. The Labute approximate surface area is 150 Å². The van der Waals surface area contributed by atoms with Crippen LogP contribution in [-0.4, -0.2) is 37.0 Å². The summed E-state index contributed by atoms with van der Waals surface area (Å²) in [4.78, 5) is 15.1. The Kier molecular flexibility index (Phi) is 5.71. The van der Waals surface area contributed by atoms with Crippen molar-refractivity contribution in [1.29, 1.82) is 0 Å². The fraction of sp³-hybridized carbons (Fsp3) is 0.381. The van der Waals surface area contributed by atoms with E-state index in [-0.39, 0.29) is 11.9 Å². The van der Waals surface area contributed by atoms with Crippen molar-refractivity contribution in [2.24, 2.45) is 0 Å². The summed E-state index contributed by atoms with van der Waals surface area (Å²) in [6, 6.07) is 16.7. The van der Waals surface area contributed by atoms with Crippen LogP contribution in [0.4, 0.5) is 5.69 Å². The molecule has 2 aromatic carbocycles. The topological polar surface area (TPSA) is 44.4 Å². The highest BCUT2D eigenvalue weighted by atomic mass is 16.1. The molecule has 2 N–H and O–H groups in total. The number of nitrogens with zero attached hydrogens (tertiary/aromatic N) is 1. The third-order valence-corrected chi connectivity index (χ3v) is 4.86. The Hall–Kier alpha value is -2.33. The molecule has 0 saturated carbocycles. The zero-order valence-electron chi connectivity index (χ0n) is 15.1. The van der Waals surface area contributed by atoms with Gasteiger partial charge in [0, 0.05) is 38.4 Å². The van der Waals surface area contributed by atoms with Crippen molar-refractivity contribution < 1.29 is 4.79 Å². The number of likely N-dealkylation sites (tertiary alicyclic amines) is 1. The molecule has 25 heavy (non-hydrogen) atoms. The standard InChI is InChI=1S/C21H27N3O/c1-16-8-9-19(20(14-16)22-2)21(25)23-18-10-12-24(13-11-18)15-17-6-4-3-5-7-17/h3-9,14,18,22H,10-13,15H2,1-2H3,(H,23,25). The maximum atomic E-state index is 12.6. The predicted molar refractivity (Wildman–Crippen MR) is 103 cm³/mol. The molecule has 0 atom stereocenters. The van der Waals surface area contributed by atoms with E-state index >= 15 is 0 Å². The van der Waals surface area contributed by atoms with Gasteiger partial charge < -0.3 is 10.6 Å². The maximum Gasteiger partial charge on any atom is 0.253 e. The van der Waals surface area contributed by atoms with Crippen LogP contribution in [0.1, 0.15) is 34.3 Å². The van der Waals surface area contributed by atoms with E-state index < -0.39 is 0 Å². The number of amides is 1. The molecule has 0 aliphatic carbocycles. The average molecular weight is 337 g/mol. The number of carbonyl (C=O) groups is 1. The number of benzene rings is 2. The largest absolute Gasteiger partial charge is 0.387 e. The molecule has 0 unspecified atom stereocenters. The van der Waals surface area contributed by atoms with Gasteiger partial charge in [0.25, 0.3) is 5.91 Å². The Morgan fingerprint density at radius 3 is 2.52 bits per heavy atom. The van der Waals surface area contributed by atoms with Crippen LogP contribution in [0.2, 0.25) is 0 Å². The summed E-state index contributed by atoms with van der Waals surface area (Å²) >= 11 is 0. The minimum Gasteiger partial charge on any atom is -0.387 e. The molecule has 0 aromatic heterocycles. The van der Waals surface area contributed by atoms with E-state index in [0.717, 1.165) is 49.3 Å². The van der Waals surface area contributed by atoms with Crippen LogP contribution in [-0.2, 0) is 6.54 Å². The van der Waals surface area contributed by atoms with Gasteiger partial charge in [-0.25, -0.2) is 0 Å². The highest BCUT2D eigenvalue weighted by molar-refractivity contribution is 5.99. The zero-order valence-corrected chi connectivity index (χ0v) is 15.1. The third-order valence-electron chi connectivity index (χ3n) is 4.86. The Bertz CT molecular complexity index is 706. The van der Waals surface area contributed by atoms with Crippen molar-refractivity contribution in [3.8, 4) is 0 Å². The van der Waals surface area contributed by atoms with Gasteiger partial charge in [-0.3, -0.25) is 9.69 Å². The summed E-state index contributed by atoms with van der Waals surface area (Å²) in [5, 5.41) is 6.33. The molecule has 1 amide bonds. The minimum absolute atomic E-state index is 0.0193. The predicted octanol–water partition coefficient (Wildman–Crippen LogP) is 3.43. The molecule has 3 rings (SSSR count). The van der Waals surface area contributed by atoms with Gasteiger partial charge in [0.05, 0.1) is 5.56 Å². The molecule has 132 valence electrons. The summed E-state index contributed by atoms with van der Waals surface area (Å²) in [5.41, 5.74) is 4.11. The van der Waals surface area contributed by atoms with E-state index in [9.17, 15) is 4.79 Å².